The molecule has 4 nitrogen and oxygen atoms in total. The van der Waals surface area contributed by atoms with Gasteiger partial charge in [0.2, 0.25) is 5.91 Å². The highest BCUT2D eigenvalue weighted by molar-refractivity contribution is 5.94. The van der Waals surface area contributed by atoms with Gasteiger partial charge in [-0.15, -0.1) is 0 Å². The van der Waals surface area contributed by atoms with Crippen molar-refractivity contribution >= 4 is 11.8 Å². The van der Waals surface area contributed by atoms with Crippen molar-refractivity contribution in [1.29, 1.82) is 0 Å². The van der Waals surface area contributed by atoms with E-state index in [4.69, 9.17) is 0 Å². The topological polar surface area (TPSA) is 49.4 Å². The highest BCUT2D eigenvalue weighted by Gasteiger charge is 2.26. The Morgan fingerprint density at radius 2 is 1.63 bits per heavy atom. The summed E-state index contributed by atoms with van der Waals surface area (Å²) in [5.41, 5.74) is 0.406. The van der Waals surface area contributed by atoms with Crippen LogP contribution in [0.5, 0.6) is 0 Å². The van der Waals surface area contributed by atoms with Crippen LogP contribution in [0.3, 0.4) is 0 Å². The molecule has 0 aromatic heterocycles. The molecule has 1 fully saturated rings. The number of hydrogen-bond acceptors (Lipinski definition) is 2. The number of amides is 2. The molecule has 1 aliphatic rings. The lowest BCUT2D eigenvalue weighted by Gasteiger charge is -2.32. The van der Waals surface area contributed by atoms with Gasteiger partial charge in [0.1, 0.15) is 0 Å². The molecule has 2 aromatic carbocycles. The first-order chi connectivity index (χ1) is 13.0. The molecular formula is C20H19F3N2O2. The monoisotopic (exact) mass is 376 g/mol. The predicted molar refractivity (Wildman–Crippen MR) is 93.5 cm³/mol. The van der Waals surface area contributed by atoms with E-state index >= 15 is 0 Å². The number of rotatable bonds is 4. The van der Waals surface area contributed by atoms with Gasteiger partial charge in [-0.2, -0.15) is 0 Å². The Labute approximate surface area is 155 Å². The fourth-order valence-corrected chi connectivity index (χ4v) is 3.12. The van der Waals surface area contributed by atoms with Gasteiger partial charge in [0.15, 0.2) is 17.5 Å². The quantitative estimate of drug-likeness (QED) is 0.834. The van der Waals surface area contributed by atoms with Crippen LogP contribution in [0.15, 0.2) is 42.5 Å². The molecule has 2 aromatic rings. The number of carbonyl (C=O) groups excluding carboxylic acids is 2. The highest BCUT2D eigenvalue weighted by Crippen LogP contribution is 2.17. The van der Waals surface area contributed by atoms with Gasteiger partial charge in [-0.25, -0.2) is 13.2 Å². The van der Waals surface area contributed by atoms with Crippen molar-refractivity contribution in [3.8, 4) is 0 Å². The minimum absolute atomic E-state index is 0.0117. The van der Waals surface area contributed by atoms with Crippen LogP contribution in [-0.4, -0.2) is 35.8 Å². The third-order valence-corrected chi connectivity index (χ3v) is 4.66. The summed E-state index contributed by atoms with van der Waals surface area (Å²) >= 11 is 0. The molecule has 0 unspecified atom stereocenters. The molecule has 0 saturated carbocycles. The fourth-order valence-electron chi connectivity index (χ4n) is 3.12. The third-order valence-electron chi connectivity index (χ3n) is 4.66. The number of piperidine rings is 1. The van der Waals surface area contributed by atoms with Crippen LogP contribution in [-0.2, 0) is 11.2 Å². The van der Waals surface area contributed by atoms with Crippen molar-refractivity contribution in [2.24, 2.45) is 0 Å². The molecular weight excluding hydrogens is 357 g/mol. The Morgan fingerprint density at radius 1 is 0.963 bits per heavy atom. The van der Waals surface area contributed by atoms with E-state index in [0.717, 1.165) is 17.7 Å². The average molecular weight is 376 g/mol. The van der Waals surface area contributed by atoms with Gasteiger partial charge in [0.05, 0.1) is 12.0 Å². The van der Waals surface area contributed by atoms with Crippen LogP contribution in [0.1, 0.15) is 28.8 Å². The molecule has 0 atom stereocenters. The van der Waals surface area contributed by atoms with Gasteiger partial charge in [0, 0.05) is 19.1 Å². The molecule has 0 bridgehead atoms. The summed E-state index contributed by atoms with van der Waals surface area (Å²) in [6.45, 7) is 0.938. The summed E-state index contributed by atoms with van der Waals surface area (Å²) in [5.74, 6) is -5.28. The van der Waals surface area contributed by atoms with E-state index < -0.39 is 28.9 Å². The molecule has 1 N–H and O–H groups in total. The van der Waals surface area contributed by atoms with E-state index in [1.807, 2.05) is 30.3 Å². The van der Waals surface area contributed by atoms with Gasteiger partial charge >= 0.3 is 0 Å². The normalized spacial score (nSPS) is 14.9. The number of nitrogens with zero attached hydrogens (tertiary/aromatic N) is 1. The maximum Gasteiger partial charge on any atom is 0.254 e. The van der Waals surface area contributed by atoms with E-state index in [1.54, 1.807) is 4.90 Å². The second kappa shape index (κ2) is 8.24. The summed E-state index contributed by atoms with van der Waals surface area (Å²) in [4.78, 5) is 26.2. The molecule has 142 valence electrons. The Kier molecular flexibility index (Phi) is 5.78. The zero-order valence-electron chi connectivity index (χ0n) is 14.6. The Morgan fingerprint density at radius 3 is 2.30 bits per heavy atom. The van der Waals surface area contributed by atoms with Gasteiger partial charge < -0.3 is 10.2 Å². The first kappa shape index (κ1) is 18.9. The van der Waals surface area contributed by atoms with Crippen molar-refractivity contribution in [2.75, 3.05) is 13.1 Å². The summed E-state index contributed by atoms with van der Waals surface area (Å²) in [6, 6.07) is 10.8. The summed E-state index contributed by atoms with van der Waals surface area (Å²) in [5, 5.41) is 2.63. The maximum absolute atomic E-state index is 13.7. The van der Waals surface area contributed by atoms with Crippen LogP contribution in [0.2, 0.25) is 0 Å². The lowest BCUT2D eigenvalue weighted by atomic mass is 10.0. The number of nitrogens with one attached hydrogen (secondary N) is 1. The van der Waals surface area contributed by atoms with Crippen LogP contribution >= 0.6 is 0 Å². The molecule has 3 rings (SSSR count). The van der Waals surface area contributed by atoms with Crippen molar-refractivity contribution in [3.05, 3.63) is 71.0 Å². The minimum Gasteiger partial charge on any atom is -0.349 e. The Bertz CT molecular complexity index is 835. The average Bonchev–Trinajstić information content (AvgIpc) is 2.67. The van der Waals surface area contributed by atoms with Crippen molar-refractivity contribution in [2.45, 2.75) is 25.3 Å². The minimum atomic E-state index is -1.66. The van der Waals surface area contributed by atoms with E-state index in [9.17, 15) is 22.8 Å². The Hall–Kier alpha value is -2.83. The van der Waals surface area contributed by atoms with Crippen molar-refractivity contribution in [1.82, 2.24) is 10.2 Å². The van der Waals surface area contributed by atoms with Crippen molar-refractivity contribution in [3.63, 3.8) is 0 Å². The molecule has 0 spiro atoms. The van der Waals surface area contributed by atoms with E-state index in [1.165, 1.54) is 0 Å². The van der Waals surface area contributed by atoms with E-state index in [0.29, 0.717) is 32.4 Å². The highest BCUT2D eigenvalue weighted by atomic mass is 19.2. The first-order valence-corrected chi connectivity index (χ1v) is 8.71. The zero-order chi connectivity index (χ0) is 19.4. The molecule has 0 radical (unpaired) electrons. The second-order valence-electron chi connectivity index (χ2n) is 6.51. The van der Waals surface area contributed by atoms with Crippen LogP contribution < -0.4 is 5.32 Å². The predicted octanol–water partition coefficient (Wildman–Crippen LogP) is 3.07. The first-order valence-electron chi connectivity index (χ1n) is 8.71. The number of benzene rings is 2. The lowest BCUT2D eigenvalue weighted by Crippen LogP contribution is -2.47. The van der Waals surface area contributed by atoms with Gasteiger partial charge in [-0.3, -0.25) is 9.59 Å². The SMILES string of the molecule is O=C(NC1CCN(C(=O)Cc2ccccc2)CC1)c1ccc(F)c(F)c1F. The number of hydrogen-bond donors (Lipinski definition) is 1. The maximum atomic E-state index is 13.7. The molecule has 0 aliphatic carbocycles. The standard InChI is InChI=1S/C20H19F3N2O2/c21-16-7-6-15(18(22)19(16)23)20(27)24-14-8-10-25(11-9-14)17(26)12-13-4-2-1-3-5-13/h1-7,14H,8-12H2,(H,24,27). The molecule has 1 aliphatic heterocycles. The fraction of sp³-hybridized carbons (Fsp3) is 0.300. The number of halogens is 3. The summed E-state index contributed by atoms with van der Waals surface area (Å²) < 4.78 is 40.0. The molecule has 27 heavy (non-hydrogen) atoms. The van der Waals surface area contributed by atoms with Gasteiger partial charge in [0.25, 0.3) is 5.91 Å². The van der Waals surface area contributed by atoms with Gasteiger partial charge in [-0.05, 0) is 30.5 Å². The largest absolute Gasteiger partial charge is 0.349 e. The summed E-state index contributed by atoms with van der Waals surface area (Å²) in [7, 11) is 0. The molecule has 2 amide bonds. The third kappa shape index (κ3) is 4.48. The van der Waals surface area contributed by atoms with E-state index in [2.05, 4.69) is 5.32 Å². The smallest absolute Gasteiger partial charge is 0.254 e. The number of carbonyl (C=O) groups is 2. The van der Waals surface area contributed by atoms with E-state index in [-0.39, 0.29) is 11.9 Å². The lowest BCUT2D eigenvalue weighted by molar-refractivity contribution is -0.131. The number of likely N-dealkylation sites (tertiary alicyclic amines) is 1. The second-order valence-corrected chi connectivity index (χ2v) is 6.51. The summed E-state index contributed by atoms with van der Waals surface area (Å²) in [6.07, 6.45) is 1.34. The molecule has 1 saturated heterocycles. The zero-order valence-corrected chi connectivity index (χ0v) is 14.6. The molecule has 7 heteroatoms. The molecule has 1 heterocycles. The Balaban J connectivity index is 1.53. The van der Waals surface area contributed by atoms with Crippen LogP contribution in [0.25, 0.3) is 0 Å². The van der Waals surface area contributed by atoms with Crippen LogP contribution in [0, 0.1) is 17.5 Å². The van der Waals surface area contributed by atoms with Gasteiger partial charge in [-0.1, -0.05) is 30.3 Å². The van der Waals surface area contributed by atoms with Crippen LogP contribution in [0.4, 0.5) is 13.2 Å². The van der Waals surface area contributed by atoms with Crippen molar-refractivity contribution < 1.29 is 22.8 Å².